The van der Waals surface area contributed by atoms with E-state index >= 15 is 0 Å². The molecule has 0 amide bonds. The summed E-state index contributed by atoms with van der Waals surface area (Å²) in [7, 11) is 1.75. The third-order valence-electron chi connectivity index (χ3n) is 3.26. The van der Waals surface area contributed by atoms with E-state index in [1.165, 1.54) is 0 Å². The second kappa shape index (κ2) is 6.35. The lowest BCUT2D eigenvalue weighted by atomic mass is 9.82. The zero-order valence-corrected chi connectivity index (χ0v) is 12.9. The van der Waals surface area contributed by atoms with Gasteiger partial charge < -0.3 is 15.8 Å². The number of aryl methyl sites for hydroxylation is 1. The Morgan fingerprint density at radius 1 is 1.42 bits per heavy atom. The number of likely N-dealkylation sites (N-methyl/N-ethyl adjacent to an activating group) is 1. The van der Waals surface area contributed by atoms with E-state index in [1.807, 2.05) is 6.92 Å². The first kappa shape index (κ1) is 15.9. The van der Waals surface area contributed by atoms with Crippen molar-refractivity contribution in [1.82, 2.24) is 10.3 Å². The zero-order chi connectivity index (χ0) is 14.6. The fourth-order valence-corrected chi connectivity index (χ4v) is 2.44. The van der Waals surface area contributed by atoms with E-state index in [4.69, 9.17) is 10.5 Å². The Morgan fingerprint density at radius 3 is 2.53 bits per heavy atom. The van der Waals surface area contributed by atoms with Crippen molar-refractivity contribution in [1.29, 1.82) is 0 Å². The molecule has 0 aliphatic heterocycles. The number of rotatable bonds is 5. The summed E-state index contributed by atoms with van der Waals surface area (Å²) in [5.74, 6) is 0.572. The molecule has 1 rings (SSSR count). The molecule has 1 heterocycles. The first-order valence-electron chi connectivity index (χ1n) is 6.79. The van der Waals surface area contributed by atoms with E-state index < -0.39 is 0 Å². The summed E-state index contributed by atoms with van der Waals surface area (Å²) in [4.78, 5) is 4.26. The van der Waals surface area contributed by atoms with E-state index in [0.29, 0.717) is 5.82 Å². The summed E-state index contributed by atoms with van der Waals surface area (Å²) in [5.41, 5.74) is 8.19. The molecule has 4 heteroatoms. The molecule has 0 aliphatic carbocycles. The largest absolute Gasteiger partial charge is 0.383 e. The average Bonchev–Trinajstić information content (AvgIpc) is 2.30. The second-order valence-electron chi connectivity index (χ2n) is 6.04. The zero-order valence-electron chi connectivity index (χ0n) is 12.9. The molecule has 0 aliphatic rings. The monoisotopic (exact) mass is 265 g/mol. The summed E-state index contributed by atoms with van der Waals surface area (Å²) in [5, 5.41) is 3.48. The van der Waals surface area contributed by atoms with Crippen molar-refractivity contribution >= 4 is 5.82 Å². The van der Waals surface area contributed by atoms with Crippen LogP contribution in [0.25, 0.3) is 0 Å². The summed E-state index contributed by atoms with van der Waals surface area (Å²) >= 11 is 0. The van der Waals surface area contributed by atoms with Gasteiger partial charge in [-0.15, -0.1) is 0 Å². The highest BCUT2D eigenvalue weighted by Crippen LogP contribution is 2.34. The van der Waals surface area contributed by atoms with Crippen LogP contribution in [0.5, 0.6) is 0 Å². The maximum absolute atomic E-state index is 6.05. The summed E-state index contributed by atoms with van der Waals surface area (Å²) in [6, 6.07) is 2.13. The van der Waals surface area contributed by atoms with Gasteiger partial charge >= 0.3 is 0 Å². The van der Waals surface area contributed by atoms with Gasteiger partial charge in [-0.3, -0.25) is 0 Å². The number of pyridine rings is 1. The number of nitrogens with one attached hydrogen (secondary N) is 1. The molecule has 0 saturated carbocycles. The van der Waals surface area contributed by atoms with Crippen LogP contribution in [0, 0.1) is 12.3 Å². The SMILES string of the molecule is CCNC(c1cc(C)cnc1N)C(OC)C(C)(C)C. The highest BCUT2D eigenvalue weighted by atomic mass is 16.5. The van der Waals surface area contributed by atoms with E-state index in [0.717, 1.165) is 17.7 Å². The maximum Gasteiger partial charge on any atom is 0.128 e. The number of hydrogen-bond donors (Lipinski definition) is 2. The highest BCUT2D eigenvalue weighted by molar-refractivity contribution is 5.43. The molecule has 0 spiro atoms. The Balaban J connectivity index is 3.22. The Hall–Kier alpha value is -1.13. The topological polar surface area (TPSA) is 60.2 Å². The molecule has 2 atom stereocenters. The van der Waals surface area contributed by atoms with Gasteiger partial charge in [0.15, 0.2) is 0 Å². The van der Waals surface area contributed by atoms with Crippen molar-refractivity contribution in [2.24, 2.45) is 5.41 Å². The van der Waals surface area contributed by atoms with Crippen LogP contribution in [-0.4, -0.2) is 24.7 Å². The van der Waals surface area contributed by atoms with Gasteiger partial charge in [0, 0.05) is 18.9 Å². The van der Waals surface area contributed by atoms with Gasteiger partial charge in [0.2, 0.25) is 0 Å². The lowest BCUT2D eigenvalue weighted by molar-refractivity contribution is -0.0114. The Morgan fingerprint density at radius 2 is 2.05 bits per heavy atom. The molecule has 1 aromatic rings. The number of nitrogen functional groups attached to an aromatic ring is 1. The third kappa shape index (κ3) is 3.91. The smallest absolute Gasteiger partial charge is 0.128 e. The molecule has 4 nitrogen and oxygen atoms in total. The number of ether oxygens (including phenoxy) is 1. The molecule has 0 radical (unpaired) electrons. The molecule has 108 valence electrons. The minimum atomic E-state index is 0.0117. The van der Waals surface area contributed by atoms with Crippen LogP contribution in [-0.2, 0) is 4.74 Å². The number of methoxy groups -OCH3 is 1. The van der Waals surface area contributed by atoms with Gasteiger partial charge in [-0.05, 0) is 30.5 Å². The molecule has 1 aromatic heterocycles. The van der Waals surface area contributed by atoms with Gasteiger partial charge in [-0.1, -0.05) is 27.7 Å². The van der Waals surface area contributed by atoms with Crippen LogP contribution in [0.1, 0.15) is 44.9 Å². The van der Waals surface area contributed by atoms with Gasteiger partial charge in [-0.25, -0.2) is 4.98 Å². The van der Waals surface area contributed by atoms with Crippen molar-refractivity contribution in [3.8, 4) is 0 Å². The minimum absolute atomic E-state index is 0.0117. The molecular weight excluding hydrogens is 238 g/mol. The van der Waals surface area contributed by atoms with Gasteiger partial charge in [-0.2, -0.15) is 0 Å². The number of nitrogens with two attached hydrogens (primary N) is 1. The maximum atomic E-state index is 6.05. The van der Waals surface area contributed by atoms with Gasteiger partial charge in [0.1, 0.15) is 5.82 Å². The van der Waals surface area contributed by atoms with Crippen LogP contribution < -0.4 is 11.1 Å². The van der Waals surface area contributed by atoms with Crippen LogP contribution in [0.4, 0.5) is 5.82 Å². The Kier molecular flexibility index (Phi) is 5.32. The van der Waals surface area contributed by atoms with Crippen molar-refractivity contribution in [3.63, 3.8) is 0 Å². The van der Waals surface area contributed by atoms with E-state index in [-0.39, 0.29) is 17.6 Å². The Labute approximate surface area is 116 Å². The normalized spacial score (nSPS) is 15.3. The first-order chi connectivity index (χ1) is 8.81. The van der Waals surface area contributed by atoms with E-state index in [1.54, 1.807) is 13.3 Å². The quantitative estimate of drug-likeness (QED) is 0.859. The van der Waals surface area contributed by atoms with Crippen LogP contribution in [0.2, 0.25) is 0 Å². The lowest BCUT2D eigenvalue weighted by Crippen LogP contribution is -2.42. The standard InChI is InChI=1S/C15H27N3O/c1-7-17-12(13(19-6)15(3,4)5)11-8-10(2)9-18-14(11)16/h8-9,12-13,17H,7H2,1-6H3,(H2,16,18). The summed E-state index contributed by atoms with van der Waals surface area (Å²) in [6.07, 6.45) is 1.82. The second-order valence-corrected chi connectivity index (χ2v) is 6.04. The molecule has 3 N–H and O–H groups in total. The van der Waals surface area contributed by atoms with Crippen molar-refractivity contribution in [2.75, 3.05) is 19.4 Å². The third-order valence-corrected chi connectivity index (χ3v) is 3.26. The fraction of sp³-hybridized carbons (Fsp3) is 0.667. The summed E-state index contributed by atoms with van der Waals surface area (Å²) < 4.78 is 5.73. The number of anilines is 1. The average molecular weight is 265 g/mol. The van der Waals surface area contributed by atoms with Crippen LogP contribution in [0.3, 0.4) is 0 Å². The number of aromatic nitrogens is 1. The molecule has 19 heavy (non-hydrogen) atoms. The molecule has 0 bridgehead atoms. The van der Waals surface area contributed by atoms with Crippen LogP contribution >= 0.6 is 0 Å². The Bertz CT molecular complexity index is 412. The van der Waals surface area contributed by atoms with Gasteiger partial charge in [0.05, 0.1) is 12.1 Å². The molecule has 0 saturated heterocycles. The number of nitrogens with zero attached hydrogens (tertiary/aromatic N) is 1. The van der Waals surface area contributed by atoms with Crippen molar-refractivity contribution in [2.45, 2.75) is 46.8 Å². The van der Waals surface area contributed by atoms with Crippen molar-refractivity contribution in [3.05, 3.63) is 23.4 Å². The molecular formula is C15H27N3O. The molecule has 2 unspecified atom stereocenters. The predicted octanol–water partition coefficient (Wildman–Crippen LogP) is 2.68. The fourth-order valence-electron chi connectivity index (χ4n) is 2.44. The van der Waals surface area contributed by atoms with Crippen LogP contribution in [0.15, 0.2) is 12.3 Å². The summed E-state index contributed by atoms with van der Waals surface area (Å²) in [6.45, 7) is 11.5. The first-order valence-corrected chi connectivity index (χ1v) is 6.79. The van der Waals surface area contributed by atoms with E-state index in [9.17, 15) is 0 Å². The van der Waals surface area contributed by atoms with Crippen molar-refractivity contribution < 1.29 is 4.74 Å². The highest BCUT2D eigenvalue weighted by Gasteiger charge is 2.34. The van der Waals surface area contributed by atoms with E-state index in [2.05, 4.69) is 44.1 Å². The number of hydrogen-bond acceptors (Lipinski definition) is 4. The molecule has 0 aromatic carbocycles. The minimum Gasteiger partial charge on any atom is -0.383 e. The lowest BCUT2D eigenvalue weighted by Gasteiger charge is -2.37. The molecule has 0 fully saturated rings. The predicted molar refractivity (Wildman–Crippen MR) is 80.1 cm³/mol. The van der Waals surface area contributed by atoms with Gasteiger partial charge in [0.25, 0.3) is 0 Å².